The third kappa shape index (κ3) is 139. The first-order valence-corrected chi connectivity index (χ1v) is 56.1. The summed E-state index contributed by atoms with van der Waals surface area (Å²) in [4.78, 5) is 86.5. The maximum atomic E-state index is 10.7. The molecule has 0 fully saturated rings. The Morgan fingerprint density at radius 1 is 0.229 bits per heavy atom. The average molecular weight is 2000 g/mol. The van der Waals surface area contributed by atoms with Crippen LogP contribution in [-0.2, 0) is 41.8 Å². The van der Waals surface area contributed by atoms with Crippen LogP contribution in [0.5, 0.6) is 0 Å². The summed E-state index contributed by atoms with van der Waals surface area (Å²) in [7, 11) is -11.5. The quantitative estimate of drug-likeness (QED) is 0.0199. The second-order valence-corrected chi connectivity index (χ2v) is 41.5. The minimum absolute atomic E-state index is 0.00667. The van der Waals surface area contributed by atoms with E-state index in [-0.39, 0.29) is 74.4 Å². The molecule has 0 heterocycles. The summed E-state index contributed by atoms with van der Waals surface area (Å²) < 4.78 is 48.4. The molecule has 18 atom stereocenters. The number of rotatable bonds is 77. The lowest BCUT2D eigenvalue weighted by molar-refractivity contribution is -0.0177. The predicted octanol–water partition coefficient (Wildman–Crippen LogP) is 20.2. The molecule has 0 radical (unpaired) electrons. The molecule has 0 aliphatic carbocycles. The van der Waals surface area contributed by atoms with E-state index in [2.05, 4.69) is 83.1 Å². The van der Waals surface area contributed by atoms with Gasteiger partial charge in [-0.2, -0.15) is 0 Å². The van der Waals surface area contributed by atoms with Gasteiger partial charge in [-0.3, -0.25) is 0 Å². The van der Waals surface area contributed by atoms with E-state index < -0.39 is 73.5 Å². The van der Waals surface area contributed by atoms with Gasteiger partial charge in [0.2, 0.25) is 0 Å². The van der Waals surface area contributed by atoms with Crippen molar-refractivity contribution in [3.63, 3.8) is 0 Å². The molecule has 804 valence electrons. The number of aliphatic hydroxyl groups excluding tert-OH is 10. The standard InChI is InChI=1S/C66H136O6P2.5C6H14O3.3H3O3P/c1-13-17-21-25-27-29-31-33-35-39-45-53-69-73(67)71-55-51-59(5)61(57-63(65(7,8)9)49-41-37-23-19-15-3)47-43-44-48-62(58-64(66(10,11)12)50-42-38-24-20-16-4)60(6)52-56-72-74(68)70-54-46-40-36-34-32-30-28-26-22-18-14-2;5*1-5(8)4-9-6(2)3-7;3*1-4(2)3/h59-64,67-68H,13-58H2,1-12H3;5*5-8H,3-4H2,1-2H3;3*1-3H. The van der Waals surface area contributed by atoms with Gasteiger partial charge in [-0.25, -0.2) is 0 Å². The third-order valence-corrected chi connectivity index (χ3v) is 23.4. The van der Waals surface area contributed by atoms with E-state index in [1.165, 1.54) is 244 Å². The molecular weight excluding hydrogens is 1790 g/mol. The Hall–Kier alpha value is 0.950. The number of ether oxygens (including phenoxy) is 5. The summed E-state index contributed by atoms with van der Waals surface area (Å²) in [6.45, 7) is 49.9. The van der Waals surface area contributed by atoms with Crippen LogP contribution in [0.2, 0.25) is 0 Å². The first-order chi connectivity index (χ1) is 61.6. The zero-order valence-electron chi connectivity index (χ0n) is 87.1. The molecule has 0 aromatic rings. The van der Waals surface area contributed by atoms with E-state index in [4.69, 9.17) is 137 Å². The van der Waals surface area contributed by atoms with Crippen molar-refractivity contribution in [2.45, 2.75) is 483 Å². The molecule has 30 nitrogen and oxygen atoms in total. The Morgan fingerprint density at radius 2 is 0.397 bits per heavy atom. The van der Waals surface area contributed by atoms with E-state index in [0.717, 1.165) is 25.7 Å². The van der Waals surface area contributed by atoms with E-state index >= 15 is 0 Å². The third-order valence-electron chi connectivity index (χ3n) is 21.8. The zero-order chi connectivity index (χ0) is 102. The van der Waals surface area contributed by atoms with Gasteiger partial charge in [0.25, 0.3) is 0 Å². The van der Waals surface area contributed by atoms with Gasteiger partial charge in [0.05, 0.1) is 154 Å². The Kier molecular flexibility index (Phi) is 127. The van der Waals surface area contributed by atoms with Crippen molar-refractivity contribution in [1.82, 2.24) is 0 Å². The van der Waals surface area contributed by atoms with Crippen LogP contribution in [0.15, 0.2) is 0 Å². The van der Waals surface area contributed by atoms with E-state index in [1.807, 2.05) is 0 Å². The van der Waals surface area contributed by atoms with Crippen LogP contribution < -0.4 is 0 Å². The molecule has 0 aromatic carbocycles. The average Bonchev–Trinajstić information content (AvgIpc) is 0.864. The topological polar surface area (TPSA) is 508 Å². The van der Waals surface area contributed by atoms with Crippen molar-refractivity contribution in [2.24, 2.45) is 46.3 Å². The summed E-state index contributed by atoms with van der Waals surface area (Å²) in [5.41, 5.74) is 0.572. The van der Waals surface area contributed by atoms with Crippen LogP contribution in [0.3, 0.4) is 0 Å². The Labute approximate surface area is 807 Å². The highest BCUT2D eigenvalue weighted by atomic mass is 31.2. The number of aliphatic hydroxyl groups is 10. The van der Waals surface area contributed by atoms with Gasteiger partial charge in [-0.1, -0.05) is 301 Å². The largest absolute Gasteiger partial charge is 0.394 e. The lowest BCUT2D eigenvalue weighted by atomic mass is 9.69. The first-order valence-electron chi connectivity index (χ1n) is 50.2. The minimum Gasteiger partial charge on any atom is -0.394 e. The molecule has 0 saturated carbocycles. The van der Waals surface area contributed by atoms with Crippen molar-refractivity contribution in [2.75, 3.05) is 92.5 Å². The molecule has 0 spiro atoms. The van der Waals surface area contributed by atoms with Gasteiger partial charge in [0, 0.05) is 0 Å². The van der Waals surface area contributed by atoms with E-state index in [0.29, 0.717) is 95.0 Å². The first kappa shape index (κ1) is 150. The van der Waals surface area contributed by atoms with Gasteiger partial charge in [0.1, 0.15) is 0 Å². The number of unbranched alkanes of at least 4 members (excludes halogenated alkanes) is 29. The van der Waals surface area contributed by atoms with Gasteiger partial charge in [-0.15, -0.1) is 0 Å². The Morgan fingerprint density at radius 3 is 0.573 bits per heavy atom. The second-order valence-electron chi connectivity index (χ2n) is 37.9. The number of hydrogen-bond acceptors (Lipinski definition) is 30. The lowest BCUT2D eigenvalue weighted by Crippen LogP contribution is -2.27. The smallest absolute Gasteiger partial charge is 0.329 e. The molecule has 0 aliphatic rings. The van der Waals surface area contributed by atoms with Crippen LogP contribution in [0.1, 0.15) is 422 Å². The van der Waals surface area contributed by atoms with Crippen LogP contribution in [0, 0.1) is 46.3 Å². The number of hydrogen-bond donors (Lipinski definition) is 21. The molecule has 0 aliphatic heterocycles. The fourth-order valence-electron chi connectivity index (χ4n) is 13.4. The zero-order valence-corrected chi connectivity index (χ0v) is 91.6. The van der Waals surface area contributed by atoms with Crippen molar-refractivity contribution in [1.29, 1.82) is 0 Å². The van der Waals surface area contributed by atoms with Crippen LogP contribution in [0.25, 0.3) is 0 Å². The van der Waals surface area contributed by atoms with Gasteiger partial charge in [0.15, 0.2) is 0 Å². The molecule has 0 aromatic heterocycles. The SMILES string of the molecule is CC(O)COC(C)CO.CC(O)COC(C)CO.CC(O)COC(C)CO.CC(O)COC(C)CO.CC(O)COC(C)CO.CCCCCCCCCCCCCOP(O)OCCC(C)C(CCCCC(CC(CCCCCCC)C(C)(C)C)C(C)CCOP(O)OCCCCCCCCCCCCC)CC(CCCCCCC)C(C)(C)C.OP(O)O.OP(O)O.OP(O)O. The fraction of sp³-hybridized carbons (Fsp3) is 1.00. The fourth-order valence-corrected chi connectivity index (χ4v) is 14.6. The van der Waals surface area contributed by atoms with E-state index in [1.54, 1.807) is 69.2 Å². The van der Waals surface area contributed by atoms with Crippen molar-refractivity contribution in [3.05, 3.63) is 0 Å². The molecule has 131 heavy (non-hydrogen) atoms. The highest BCUT2D eigenvalue weighted by Crippen LogP contribution is 2.44. The van der Waals surface area contributed by atoms with Crippen LogP contribution in [0.4, 0.5) is 0 Å². The van der Waals surface area contributed by atoms with Gasteiger partial charge in [-0.05, 0) is 167 Å². The van der Waals surface area contributed by atoms with Crippen LogP contribution in [-0.4, -0.2) is 258 Å². The second kappa shape index (κ2) is 111. The minimum atomic E-state index is -2.62. The summed E-state index contributed by atoms with van der Waals surface area (Å²) in [5.74, 6) is 3.77. The van der Waals surface area contributed by atoms with Crippen molar-refractivity contribution in [3.8, 4) is 0 Å². The molecule has 0 bridgehead atoms. The maximum Gasteiger partial charge on any atom is 0.329 e. The Bertz CT molecular complexity index is 1880. The molecule has 35 heteroatoms. The molecule has 0 amide bonds. The normalized spacial score (nSPS) is 15.7. The summed E-state index contributed by atoms with van der Waals surface area (Å²) in [5, 5.41) is 85.7. The van der Waals surface area contributed by atoms with E-state index in [9.17, 15) is 9.79 Å². The summed E-state index contributed by atoms with van der Waals surface area (Å²) in [6, 6.07) is 0. The highest BCUT2D eigenvalue weighted by molar-refractivity contribution is 7.40. The monoisotopic (exact) mass is 2000 g/mol. The molecule has 0 saturated heterocycles. The summed E-state index contributed by atoms with van der Waals surface area (Å²) in [6.07, 6.45) is 51.4. The maximum absolute atomic E-state index is 10.7. The molecule has 0 rings (SSSR count). The summed E-state index contributed by atoms with van der Waals surface area (Å²) >= 11 is 0. The van der Waals surface area contributed by atoms with Crippen LogP contribution >= 0.6 is 43.0 Å². The van der Waals surface area contributed by atoms with Crippen molar-refractivity contribution >= 4 is 43.0 Å². The highest BCUT2D eigenvalue weighted by Gasteiger charge is 2.32. The Balaban J connectivity index is -0.000000293. The van der Waals surface area contributed by atoms with Crippen molar-refractivity contribution < 1.29 is 147 Å². The molecule has 18 unspecified atom stereocenters. The van der Waals surface area contributed by atoms with Gasteiger partial charge >= 0.3 is 43.0 Å². The van der Waals surface area contributed by atoms with Gasteiger partial charge < -0.3 is 147 Å². The lowest BCUT2D eigenvalue weighted by Gasteiger charge is -2.37. The predicted molar refractivity (Wildman–Crippen MR) is 542 cm³/mol. The molecular formula is C96H215O30P5. The molecule has 21 N–H and O–H groups in total.